The number of nitrogens with zero attached hydrogens (tertiary/aromatic N) is 2. The first-order valence-corrected chi connectivity index (χ1v) is 5.53. The van der Waals surface area contributed by atoms with Crippen LogP contribution in [0, 0.1) is 0 Å². The van der Waals surface area contributed by atoms with E-state index in [0.29, 0.717) is 12.1 Å². The molecule has 0 aliphatic heterocycles. The van der Waals surface area contributed by atoms with E-state index < -0.39 is 0 Å². The zero-order valence-electron chi connectivity index (χ0n) is 9.96. The second-order valence-corrected chi connectivity index (χ2v) is 3.78. The summed E-state index contributed by atoms with van der Waals surface area (Å²) in [5, 5.41) is 2.52. The van der Waals surface area contributed by atoms with Gasteiger partial charge in [-0.1, -0.05) is 6.07 Å². The van der Waals surface area contributed by atoms with Crippen LogP contribution in [0.2, 0.25) is 0 Å². The SMILES string of the molecule is CNC(=O)c1ccc(=O)n(Cc2ccccn2)c1. The number of rotatable bonds is 3. The normalized spacial score (nSPS) is 10.1. The molecule has 1 amide bonds. The van der Waals surface area contributed by atoms with Crippen LogP contribution in [-0.4, -0.2) is 22.5 Å². The van der Waals surface area contributed by atoms with Crippen molar-refractivity contribution in [1.29, 1.82) is 0 Å². The van der Waals surface area contributed by atoms with Gasteiger partial charge in [-0.15, -0.1) is 0 Å². The summed E-state index contributed by atoms with van der Waals surface area (Å²) in [7, 11) is 1.55. The fraction of sp³-hybridized carbons (Fsp3) is 0.154. The van der Waals surface area contributed by atoms with Gasteiger partial charge in [0.15, 0.2) is 0 Å². The Morgan fingerprint density at radius 3 is 2.83 bits per heavy atom. The molecular weight excluding hydrogens is 230 g/mol. The molecular formula is C13H13N3O2. The van der Waals surface area contributed by atoms with Gasteiger partial charge in [-0.25, -0.2) is 0 Å². The van der Waals surface area contributed by atoms with E-state index in [0.717, 1.165) is 5.69 Å². The molecule has 1 N–H and O–H groups in total. The molecule has 0 fully saturated rings. The van der Waals surface area contributed by atoms with Gasteiger partial charge >= 0.3 is 0 Å². The van der Waals surface area contributed by atoms with E-state index in [-0.39, 0.29) is 11.5 Å². The van der Waals surface area contributed by atoms with Crippen molar-refractivity contribution in [3.05, 3.63) is 64.3 Å². The maximum absolute atomic E-state index is 11.7. The zero-order valence-corrected chi connectivity index (χ0v) is 9.96. The highest BCUT2D eigenvalue weighted by Crippen LogP contribution is 1.99. The van der Waals surface area contributed by atoms with Crippen molar-refractivity contribution < 1.29 is 4.79 Å². The molecule has 0 saturated heterocycles. The van der Waals surface area contributed by atoms with Gasteiger partial charge in [0.1, 0.15) is 0 Å². The van der Waals surface area contributed by atoms with Crippen LogP contribution in [0.25, 0.3) is 0 Å². The smallest absolute Gasteiger partial charge is 0.252 e. The number of amides is 1. The molecule has 0 aliphatic rings. The summed E-state index contributed by atoms with van der Waals surface area (Å²) in [6.07, 6.45) is 3.21. The number of pyridine rings is 2. The molecule has 0 aromatic carbocycles. The molecule has 0 bridgehead atoms. The van der Waals surface area contributed by atoms with Crippen molar-refractivity contribution in [3.8, 4) is 0 Å². The van der Waals surface area contributed by atoms with Crippen LogP contribution in [0.3, 0.4) is 0 Å². The van der Waals surface area contributed by atoms with E-state index in [2.05, 4.69) is 10.3 Å². The second-order valence-electron chi connectivity index (χ2n) is 3.78. The number of hydrogen-bond acceptors (Lipinski definition) is 3. The minimum Gasteiger partial charge on any atom is -0.355 e. The molecule has 0 aliphatic carbocycles. The lowest BCUT2D eigenvalue weighted by Crippen LogP contribution is -2.24. The van der Waals surface area contributed by atoms with Gasteiger partial charge in [0.25, 0.3) is 11.5 Å². The van der Waals surface area contributed by atoms with Gasteiger partial charge in [0.05, 0.1) is 17.8 Å². The summed E-state index contributed by atoms with van der Waals surface area (Å²) in [6.45, 7) is 0.352. The first-order chi connectivity index (χ1) is 8.70. The highest BCUT2D eigenvalue weighted by molar-refractivity contribution is 5.93. The molecule has 0 spiro atoms. The average molecular weight is 243 g/mol. The lowest BCUT2D eigenvalue weighted by atomic mass is 10.2. The predicted molar refractivity (Wildman–Crippen MR) is 67.4 cm³/mol. The Morgan fingerprint density at radius 1 is 1.33 bits per heavy atom. The molecule has 0 atom stereocenters. The molecule has 18 heavy (non-hydrogen) atoms. The molecule has 5 heteroatoms. The Morgan fingerprint density at radius 2 is 2.17 bits per heavy atom. The van der Waals surface area contributed by atoms with Crippen LogP contribution in [0.4, 0.5) is 0 Å². The Bertz CT molecular complexity index is 605. The van der Waals surface area contributed by atoms with Crippen LogP contribution in [0.5, 0.6) is 0 Å². The third kappa shape index (κ3) is 2.63. The van der Waals surface area contributed by atoms with Crippen LogP contribution >= 0.6 is 0 Å². The number of aromatic nitrogens is 2. The van der Waals surface area contributed by atoms with E-state index in [1.165, 1.54) is 22.9 Å². The minimum absolute atomic E-state index is 0.159. The molecule has 0 unspecified atom stereocenters. The largest absolute Gasteiger partial charge is 0.355 e. The van der Waals surface area contributed by atoms with Crippen LogP contribution in [-0.2, 0) is 6.54 Å². The summed E-state index contributed by atoms with van der Waals surface area (Å²) < 4.78 is 1.47. The highest BCUT2D eigenvalue weighted by Gasteiger charge is 2.06. The number of carbonyl (C=O) groups is 1. The van der Waals surface area contributed by atoms with Crippen molar-refractivity contribution in [2.75, 3.05) is 7.05 Å². The molecule has 92 valence electrons. The Labute approximate surface area is 104 Å². The van der Waals surface area contributed by atoms with Crippen molar-refractivity contribution in [1.82, 2.24) is 14.9 Å². The molecule has 2 rings (SSSR count). The van der Waals surface area contributed by atoms with Crippen LogP contribution in [0.1, 0.15) is 16.1 Å². The van der Waals surface area contributed by atoms with E-state index in [4.69, 9.17) is 0 Å². The van der Waals surface area contributed by atoms with E-state index in [1.807, 2.05) is 18.2 Å². The minimum atomic E-state index is -0.218. The standard InChI is InChI=1S/C13H13N3O2/c1-14-13(18)10-5-6-12(17)16(8-10)9-11-4-2-3-7-15-11/h2-8H,9H2,1H3,(H,14,18). The maximum atomic E-state index is 11.7. The van der Waals surface area contributed by atoms with Crippen molar-refractivity contribution in [2.24, 2.45) is 0 Å². The fourth-order valence-corrected chi connectivity index (χ4v) is 1.60. The molecule has 2 aromatic heterocycles. The van der Waals surface area contributed by atoms with Crippen LogP contribution in [0.15, 0.2) is 47.5 Å². The van der Waals surface area contributed by atoms with E-state index in [1.54, 1.807) is 13.2 Å². The summed E-state index contributed by atoms with van der Waals surface area (Å²) >= 11 is 0. The van der Waals surface area contributed by atoms with Gasteiger partial charge in [-0.05, 0) is 18.2 Å². The first-order valence-electron chi connectivity index (χ1n) is 5.53. The van der Waals surface area contributed by atoms with Crippen molar-refractivity contribution in [2.45, 2.75) is 6.54 Å². The molecule has 2 heterocycles. The Balaban J connectivity index is 2.33. The second kappa shape index (κ2) is 5.27. The summed E-state index contributed by atoms with van der Waals surface area (Å²) in [6, 6.07) is 8.39. The van der Waals surface area contributed by atoms with Gasteiger partial charge in [0, 0.05) is 25.5 Å². The lowest BCUT2D eigenvalue weighted by molar-refractivity contribution is 0.0962. The van der Waals surface area contributed by atoms with Gasteiger partial charge in [-0.2, -0.15) is 0 Å². The summed E-state index contributed by atoms with van der Waals surface area (Å²) in [5.74, 6) is -0.218. The van der Waals surface area contributed by atoms with Gasteiger partial charge in [0.2, 0.25) is 0 Å². The Kier molecular flexibility index (Phi) is 3.52. The third-order valence-corrected chi connectivity index (χ3v) is 2.53. The highest BCUT2D eigenvalue weighted by atomic mass is 16.1. The average Bonchev–Trinajstić information content (AvgIpc) is 2.41. The number of nitrogens with one attached hydrogen (secondary N) is 1. The van der Waals surface area contributed by atoms with E-state index >= 15 is 0 Å². The topological polar surface area (TPSA) is 64.0 Å². The first kappa shape index (κ1) is 12.0. The van der Waals surface area contributed by atoms with E-state index in [9.17, 15) is 9.59 Å². The monoisotopic (exact) mass is 243 g/mol. The number of hydrogen-bond donors (Lipinski definition) is 1. The van der Waals surface area contributed by atoms with Gasteiger partial charge < -0.3 is 9.88 Å². The quantitative estimate of drug-likeness (QED) is 0.861. The molecule has 0 radical (unpaired) electrons. The Hall–Kier alpha value is -2.43. The zero-order chi connectivity index (χ0) is 13.0. The van der Waals surface area contributed by atoms with Gasteiger partial charge in [-0.3, -0.25) is 14.6 Å². The predicted octanol–water partition coefficient (Wildman–Crippen LogP) is 0.651. The molecule has 5 nitrogen and oxygen atoms in total. The summed E-state index contributed by atoms with van der Waals surface area (Å²) in [4.78, 5) is 27.3. The van der Waals surface area contributed by atoms with Crippen LogP contribution < -0.4 is 10.9 Å². The maximum Gasteiger partial charge on any atom is 0.252 e. The third-order valence-electron chi connectivity index (χ3n) is 2.53. The lowest BCUT2D eigenvalue weighted by Gasteiger charge is -2.07. The number of carbonyl (C=O) groups excluding carboxylic acids is 1. The molecule has 0 saturated carbocycles. The summed E-state index contributed by atoms with van der Waals surface area (Å²) in [5.41, 5.74) is 1.06. The van der Waals surface area contributed by atoms with Crippen molar-refractivity contribution >= 4 is 5.91 Å². The van der Waals surface area contributed by atoms with Crippen molar-refractivity contribution in [3.63, 3.8) is 0 Å². The fourth-order valence-electron chi connectivity index (χ4n) is 1.60. The molecule has 2 aromatic rings.